The summed E-state index contributed by atoms with van der Waals surface area (Å²) in [5, 5.41) is 14.2. The standard InChI is InChI=1S/C20H18FN5OS/c1-13-10-17(14(2)25(13)11-15-5-7-16(21)8-6-15)18(27)12-26-23-20(22-24-26)19-4-3-9-28-19/h3-10H,11-12H2,1-2H3. The molecule has 0 fully saturated rings. The summed E-state index contributed by atoms with van der Waals surface area (Å²) in [6.07, 6.45) is 0. The van der Waals surface area contributed by atoms with Crippen LogP contribution < -0.4 is 0 Å². The van der Waals surface area contributed by atoms with Gasteiger partial charge < -0.3 is 4.57 Å². The Morgan fingerprint density at radius 3 is 2.68 bits per heavy atom. The van der Waals surface area contributed by atoms with E-state index in [4.69, 9.17) is 0 Å². The van der Waals surface area contributed by atoms with Gasteiger partial charge in [0.25, 0.3) is 0 Å². The summed E-state index contributed by atoms with van der Waals surface area (Å²) in [7, 11) is 0. The van der Waals surface area contributed by atoms with Gasteiger partial charge in [-0.1, -0.05) is 18.2 Å². The Balaban J connectivity index is 1.52. The van der Waals surface area contributed by atoms with Crippen LogP contribution in [0.25, 0.3) is 10.7 Å². The second-order valence-corrected chi connectivity index (χ2v) is 7.49. The molecule has 0 radical (unpaired) electrons. The summed E-state index contributed by atoms with van der Waals surface area (Å²) in [6, 6.07) is 12.1. The molecular weight excluding hydrogens is 377 g/mol. The number of hydrogen-bond donors (Lipinski definition) is 0. The van der Waals surface area contributed by atoms with Crippen LogP contribution in [0.5, 0.6) is 0 Å². The van der Waals surface area contributed by atoms with Gasteiger partial charge in [-0.15, -0.1) is 21.5 Å². The van der Waals surface area contributed by atoms with E-state index in [0.29, 0.717) is 17.9 Å². The molecule has 3 aromatic heterocycles. The van der Waals surface area contributed by atoms with E-state index >= 15 is 0 Å². The molecule has 0 bridgehead atoms. The molecule has 8 heteroatoms. The van der Waals surface area contributed by atoms with Crippen LogP contribution in [-0.2, 0) is 13.1 Å². The molecule has 0 atom stereocenters. The van der Waals surface area contributed by atoms with Gasteiger partial charge in [0.15, 0.2) is 5.78 Å². The van der Waals surface area contributed by atoms with Gasteiger partial charge >= 0.3 is 0 Å². The first-order valence-corrected chi connectivity index (χ1v) is 9.65. The van der Waals surface area contributed by atoms with Gasteiger partial charge in [-0.25, -0.2) is 4.39 Å². The third-order valence-electron chi connectivity index (χ3n) is 4.61. The average Bonchev–Trinajstić information content (AvgIpc) is 3.40. The molecule has 0 spiro atoms. The third-order valence-corrected chi connectivity index (χ3v) is 5.47. The number of hydrogen-bond acceptors (Lipinski definition) is 5. The number of Topliss-reactive ketones (excluding diaryl/α,β-unsaturated/α-hetero) is 1. The molecule has 1 aromatic carbocycles. The molecule has 142 valence electrons. The van der Waals surface area contributed by atoms with E-state index in [0.717, 1.165) is 21.8 Å². The van der Waals surface area contributed by atoms with Crippen LogP contribution in [0.15, 0.2) is 47.8 Å². The zero-order valence-electron chi connectivity index (χ0n) is 15.5. The second kappa shape index (κ2) is 7.47. The Kier molecular flexibility index (Phi) is 4.87. The molecule has 4 rings (SSSR count). The van der Waals surface area contributed by atoms with Gasteiger partial charge in [-0.2, -0.15) is 4.80 Å². The summed E-state index contributed by atoms with van der Waals surface area (Å²) in [5.74, 6) is 0.181. The van der Waals surface area contributed by atoms with Crippen molar-refractivity contribution in [1.82, 2.24) is 24.8 Å². The van der Waals surface area contributed by atoms with E-state index in [1.807, 2.05) is 42.0 Å². The highest BCUT2D eigenvalue weighted by Crippen LogP contribution is 2.21. The molecule has 4 aromatic rings. The van der Waals surface area contributed by atoms with E-state index < -0.39 is 0 Å². The maximum absolute atomic E-state index is 13.1. The Morgan fingerprint density at radius 1 is 1.18 bits per heavy atom. The number of carbonyl (C=O) groups is 1. The van der Waals surface area contributed by atoms with Gasteiger partial charge in [0.2, 0.25) is 5.82 Å². The Hall–Kier alpha value is -3.13. The summed E-state index contributed by atoms with van der Waals surface area (Å²) in [6.45, 7) is 4.47. The lowest BCUT2D eigenvalue weighted by Gasteiger charge is -2.10. The number of carbonyl (C=O) groups excluding carboxylic acids is 1. The minimum atomic E-state index is -0.261. The molecule has 0 N–H and O–H groups in total. The van der Waals surface area contributed by atoms with Crippen molar-refractivity contribution in [2.45, 2.75) is 26.9 Å². The zero-order chi connectivity index (χ0) is 19.7. The predicted octanol–water partition coefficient (Wildman–Crippen LogP) is 3.89. The number of tetrazole rings is 1. The number of rotatable bonds is 6. The number of thiophene rings is 1. The fourth-order valence-electron chi connectivity index (χ4n) is 3.13. The molecular formula is C20H18FN5OS. The largest absolute Gasteiger partial charge is 0.344 e. The monoisotopic (exact) mass is 395 g/mol. The lowest BCUT2D eigenvalue weighted by Crippen LogP contribution is -2.14. The number of ketones is 1. The van der Waals surface area contributed by atoms with Crippen molar-refractivity contribution in [2.75, 3.05) is 0 Å². The second-order valence-electron chi connectivity index (χ2n) is 6.54. The number of aromatic nitrogens is 5. The van der Waals surface area contributed by atoms with Gasteiger partial charge in [-0.05, 0) is 54.3 Å². The van der Waals surface area contributed by atoms with Crippen LogP contribution in [-0.4, -0.2) is 30.6 Å². The molecule has 0 saturated heterocycles. The van der Waals surface area contributed by atoms with Crippen LogP contribution in [0.4, 0.5) is 4.39 Å². The van der Waals surface area contributed by atoms with Crippen molar-refractivity contribution in [3.63, 3.8) is 0 Å². The first kappa shape index (κ1) is 18.2. The van der Waals surface area contributed by atoms with Crippen LogP contribution in [0, 0.1) is 19.7 Å². The Labute approximate surface area is 165 Å². The molecule has 0 saturated carbocycles. The SMILES string of the molecule is Cc1cc(C(=O)Cn2nnc(-c3cccs3)n2)c(C)n1Cc1ccc(F)cc1. The summed E-state index contributed by atoms with van der Waals surface area (Å²) < 4.78 is 15.2. The normalized spacial score (nSPS) is 11.1. The van der Waals surface area contributed by atoms with Crippen molar-refractivity contribution in [3.8, 4) is 10.7 Å². The topological polar surface area (TPSA) is 65.6 Å². The molecule has 0 unspecified atom stereocenters. The van der Waals surface area contributed by atoms with E-state index in [2.05, 4.69) is 15.4 Å². The maximum atomic E-state index is 13.1. The molecule has 0 aliphatic carbocycles. The third kappa shape index (κ3) is 3.63. The Morgan fingerprint density at radius 2 is 1.96 bits per heavy atom. The highest BCUT2D eigenvalue weighted by molar-refractivity contribution is 7.13. The Bertz CT molecular complexity index is 1110. The fourth-order valence-corrected chi connectivity index (χ4v) is 3.78. The fraction of sp³-hybridized carbons (Fsp3) is 0.200. The first-order valence-electron chi connectivity index (χ1n) is 8.77. The smallest absolute Gasteiger partial charge is 0.214 e. The minimum absolute atomic E-state index is 0.0270. The van der Waals surface area contributed by atoms with Crippen molar-refractivity contribution in [2.24, 2.45) is 0 Å². The maximum Gasteiger partial charge on any atom is 0.214 e. The van der Waals surface area contributed by atoms with Crippen LogP contribution in [0.1, 0.15) is 27.3 Å². The van der Waals surface area contributed by atoms with Crippen LogP contribution in [0.3, 0.4) is 0 Å². The highest BCUT2D eigenvalue weighted by atomic mass is 32.1. The highest BCUT2D eigenvalue weighted by Gasteiger charge is 2.18. The molecule has 6 nitrogen and oxygen atoms in total. The van der Waals surface area contributed by atoms with Crippen molar-refractivity contribution in [1.29, 1.82) is 0 Å². The van der Waals surface area contributed by atoms with Gasteiger partial charge in [0.05, 0.1) is 4.88 Å². The summed E-state index contributed by atoms with van der Waals surface area (Å²) in [4.78, 5) is 15.0. The minimum Gasteiger partial charge on any atom is -0.344 e. The average molecular weight is 395 g/mol. The van der Waals surface area contributed by atoms with E-state index in [9.17, 15) is 9.18 Å². The van der Waals surface area contributed by atoms with Gasteiger partial charge in [0, 0.05) is 23.5 Å². The van der Waals surface area contributed by atoms with Crippen molar-refractivity contribution in [3.05, 3.63) is 76.2 Å². The lowest BCUT2D eigenvalue weighted by molar-refractivity contribution is 0.0960. The summed E-state index contributed by atoms with van der Waals surface area (Å²) >= 11 is 1.52. The van der Waals surface area contributed by atoms with Gasteiger partial charge in [-0.3, -0.25) is 4.79 Å². The number of nitrogens with zero attached hydrogens (tertiary/aromatic N) is 5. The first-order chi connectivity index (χ1) is 13.5. The number of aryl methyl sites for hydroxylation is 1. The quantitative estimate of drug-likeness (QED) is 0.465. The number of halogens is 1. The van der Waals surface area contributed by atoms with Crippen LogP contribution in [0.2, 0.25) is 0 Å². The summed E-state index contributed by atoms with van der Waals surface area (Å²) in [5.41, 5.74) is 3.44. The van der Waals surface area contributed by atoms with E-state index in [-0.39, 0.29) is 18.1 Å². The molecule has 0 amide bonds. The van der Waals surface area contributed by atoms with E-state index in [1.54, 1.807) is 12.1 Å². The van der Waals surface area contributed by atoms with Crippen LogP contribution >= 0.6 is 11.3 Å². The predicted molar refractivity (Wildman–Crippen MR) is 105 cm³/mol. The van der Waals surface area contributed by atoms with Gasteiger partial charge in [0.1, 0.15) is 12.4 Å². The molecule has 0 aliphatic heterocycles. The number of benzene rings is 1. The molecule has 3 heterocycles. The van der Waals surface area contributed by atoms with Crippen molar-refractivity contribution >= 4 is 17.1 Å². The van der Waals surface area contributed by atoms with E-state index in [1.165, 1.54) is 28.3 Å². The van der Waals surface area contributed by atoms with Crippen molar-refractivity contribution < 1.29 is 9.18 Å². The zero-order valence-corrected chi connectivity index (χ0v) is 16.3. The molecule has 28 heavy (non-hydrogen) atoms. The lowest BCUT2D eigenvalue weighted by atomic mass is 10.1. The molecule has 0 aliphatic rings.